The van der Waals surface area contributed by atoms with Gasteiger partial charge in [-0.15, -0.1) is 0 Å². The number of hydrogen-bond acceptors (Lipinski definition) is 4. The van der Waals surface area contributed by atoms with E-state index in [1.165, 1.54) is 17.7 Å². The zero-order valence-electron chi connectivity index (χ0n) is 19.0. The van der Waals surface area contributed by atoms with E-state index >= 15 is 0 Å². The van der Waals surface area contributed by atoms with Gasteiger partial charge in [0.1, 0.15) is 5.82 Å². The Kier molecular flexibility index (Phi) is 5.47. The minimum absolute atomic E-state index is 0.0756. The number of halogens is 1. The molecular weight excluding hydrogens is 415 g/mol. The summed E-state index contributed by atoms with van der Waals surface area (Å²) in [5.41, 5.74) is 2.42. The molecule has 5 rings (SSSR count). The Morgan fingerprint density at radius 2 is 1.48 bits per heavy atom. The van der Waals surface area contributed by atoms with Crippen LogP contribution in [0, 0.1) is 19.7 Å². The zero-order valence-corrected chi connectivity index (χ0v) is 19.0. The Labute approximate surface area is 193 Å². The maximum Gasteiger partial charge on any atom is 0.199 e. The largest absolute Gasteiger partial charge is 0.297 e. The number of carbonyl (C=O) groups is 2. The third-order valence-corrected chi connectivity index (χ3v) is 6.88. The number of Topliss-reactive ketones (excluding diaryl/α,β-unsaturated/α-hetero) is 2. The molecule has 0 N–H and O–H groups in total. The van der Waals surface area contributed by atoms with Gasteiger partial charge in [-0.1, -0.05) is 71.8 Å². The van der Waals surface area contributed by atoms with Gasteiger partial charge in [-0.05, 0) is 31.0 Å². The van der Waals surface area contributed by atoms with Crippen LogP contribution in [0.25, 0.3) is 0 Å². The van der Waals surface area contributed by atoms with Crippen molar-refractivity contribution in [2.75, 3.05) is 26.2 Å². The first-order valence-electron chi connectivity index (χ1n) is 11.4. The molecule has 4 nitrogen and oxygen atoms in total. The Bertz CT molecular complexity index is 1210. The first-order valence-corrected chi connectivity index (χ1v) is 11.4. The second kappa shape index (κ2) is 8.32. The number of fused-ring (bicyclic) bond motifs is 1. The fourth-order valence-electron chi connectivity index (χ4n) is 5.42. The average Bonchev–Trinajstić information content (AvgIpc) is 3.03. The minimum Gasteiger partial charge on any atom is -0.297 e. The third-order valence-electron chi connectivity index (χ3n) is 6.88. The van der Waals surface area contributed by atoms with Crippen molar-refractivity contribution in [3.8, 4) is 0 Å². The van der Waals surface area contributed by atoms with Gasteiger partial charge in [0.2, 0.25) is 0 Å². The first kappa shape index (κ1) is 21.7. The predicted octanol–water partition coefficient (Wildman–Crippen LogP) is 4.53. The topological polar surface area (TPSA) is 40.6 Å². The summed E-state index contributed by atoms with van der Waals surface area (Å²) in [4.78, 5) is 32.2. The molecule has 5 heteroatoms. The van der Waals surface area contributed by atoms with Crippen LogP contribution < -0.4 is 0 Å². The van der Waals surface area contributed by atoms with Crippen molar-refractivity contribution >= 4 is 11.6 Å². The van der Waals surface area contributed by atoms with E-state index in [-0.39, 0.29) is 16.9 Å². The Balaban J connectivity index is 1.54. The smallest absolute Gasteiger partial charge is 0.199 e. The molecule has 1 fully saturated rings. The Hall–Kier alpha value is -3.15. The number of ketones is 2. The number of piperazine rings is 1. The van der Waals surface area contributed by atoms with Gasteiger partial charge in [0.05, 0.1) is 5.56 Å². The molecule has 168 valence electrons. The molecule has 2 aliphatic rings. The van der Waals surface area contributed by atoms with E-state index in [1.54, 1.807) is 6.07 Å². The molecule has 1 aliphatic heterocycles. The van der Waals surface area contributed by atoms with Crippen LogP contribution in [0.3, 0.4) is 0 Å². The van der Waals surface area contributed by atoms with E-state index < -0.39 is 17.1 Å². The van der Waals surface area contributed by atoms with Gasteiger partial charge < -0.3 is 0 Å². The predicted molar refractivity (Wildman–Crippen MR) is 126 cm³/mol. The molecule has 0 amide bonds. The molecule has 1 unspecified atom stereocenters. The summed E-state index contributed by atoms with van der Waals surface area (Å²) in [6.45, 7) is 7.28. The highest BCUT2D eigenvalue weighted by atomic mass is 19.1. The number of nitrogens with zero attached hydrogens (tertiary/aromatic N) is 2. The molecule has 0 spiro atoms. The van der Waals surface area contributed by atoms with Crippen LogP contribution in [-0.2, 0) is 12.1 Å². The van der Waals surface area contributed by atoms with Gasteiger partial charge in [0, 0.05) is 38.3 Å². The maximum absolute atomic E-state index is 14.8. The van der Waals surface area contributed by atoms with Crippen molar-refractivity contribution in [1.29, 1.82) is 0 Å². The van der Waals surface area contributed by atoms with Crippen LogP contribution in [0.4, 0.5) is 4.39 Å². The summed E-state index contributed by atoms with van der Waals surface area (Å²) in [7, 11) is 0. The van der Waals surface area contributed by atoms with Crippen molar-refractivity contribution in [3.63, 3.8) is 0 Å². The van der Waals surface area contributed by atoms with Crippen molar-refractivity contribution in [2.24, 2.45) is 0 Å². The molecule has 1 aliphatic carbocycles. The molecule has 0 radical (unpaired) electrons. The third kappa shape index (κ3) is 3.52. The molecule has 3 aromatic rings. The average molecular weight is 443 g/mol. The van der Waals surface area contributed by atoms with Crippen molar-refractivity contribution in [2.45, 2.75) is 25.9 Å². The maximum atomic E-state index is 14.8. The standard InChI is InChI=1S/C28H27FN2O2/c1-19-15-20(2)17-22(16-19)28(26(32)23-9-6-10-24(29)25(23)27(28)33)31-13-11-30(12-14-31)18-21-7-4-3-5-8-21/h3-10,15-17H,11-14,18H2,1-2H3. The molecule has 0 aromatic heterocycles. The SMILES string of the molecule is Cc1cc(C)cc(C2(N3CCN(Cc4ccccc4)CC3)C(=O)c3cccc(F)c3C2=O)c1. The van der Waals surface area contributed by atoms with Gasteiger partial charge in [-0.25, -0.2) is 4.39 Å². The minimum atomic E-state index is -1.51. The van der Waals surface area contributed by atoms with Crippen molar-refractivity contribution in [1.82, 2.24) is 9.80 Å². The second-order valence-corrected chi connectivity index (χ2v) is 9.16. The van der Waals surface area contributed by atoms with Crippen LogP contribution in [0.1, 0.15) is 43.0 Å². The van der Waals surface area contributed by atoms with E-state index in [0.717, 1.165) is 30.8 Å². The van der Waals surface area contributed by atoms with E-state index in [9.17, 15) is 14.0 Å². The summed E-state index contributed by atoms with van der Waals surface area (Å²) in [5.74, 6) is -1.38. The lowest BCUT2D eigenvalue weighted by atomic mass is 9.81. The lowest BCUT2D eigenvalue weighted by molar-refractivity contribution is 0.0278. The van der Waals surface area contributed by atoms with Crippen LogP contribution >= 0.6 is 0 Å². The van der Waals surface area contributed by atoms with Crippen LogP contribution in [0.2, 0.25) is 0 Å². The van der Waals surface area contributed by atoms with Gasteiger partial charge in [0.25, 0.3) is 0 Å². The van der Waals surface area contributed by atoms with Crippen LogP contribution in [0.5, 0.6) is 0 Å². The molecule has 1 heterocycles. The van der Waals surface area contributed by atoms with Gasteiger partial charge >= 0.3 is 0 Å². The number of rotatable bonds is 4. The summed E-state index contributed by atoms with van der Waals surface area (Å²) < 4.78 is 14.8. The fraction of sp³-hybridized carbons (Fsp3) is 0.286. The quantitative estimate of drug-likeness (QED) is 0.557. The Morgan fingerprint density at radius 3 is 2.12 bits per heavy atom. The Morgan fingerprint density at radius 1 is 0.818 bits per heavy atom. The molecule has 3 aromatic carbocycles. The molecule has 1 saturated heterocycles. The fourth-order valence-corrected chi connectivity index (χ4v) is 5.42. The highest BCUT2D eigenvalue weighted by Crippen LogP contribution is 2.44. The summed E-state index contributed by atoms with van der Waals surface area (Å²) in [5, 5.41) is 0. The summed E-state index contributed by atoms with van der Waals surface area (Å²) in [6.07, 6.45) is 0. The monoisotopic (exact) mass is 442 g/mol. The van der Waals surface area contributed by atoms with E-state index in [4.69, 9.17) is 0 Å². The normalized spacial score (nSPS) is 21.4. The van der Waals surface area contributed by atoms with E-state index in [1.807, 2.05) is 55.1 Å². The second-order valence-electron chi connectivity index (χ2n) is 9.16. The van der Waals surface area contributed by atoms with E-state index in [2.05, 4.69) is 17.0 Å². The van der Waals surface area contributed by atoms with Crippen molar-refractivity contribution in [3.05, 3.63) is 106 Å². The number of aryl methyl sites for hydroxylation is 2. The van der Waals surface area contributed by atoms with Gasteiger partial charge in [-0.3, -0.25) is 19.4 Å². The van der Waals surface area contributed by atoms with Crippen molar-refractivity contribution < 1.29 is 14.0 Å². The molecular formula is C28H27FN2O2. The highest BCUT2D eigenvalue weighted by Gasteiger charge is 2.59. The highest BCUT2D eigenvalue weighted by molar-refractivity contribution is 6.33. The molecule has 0 bridgehead atoms. The summed E-state index contributed by atoms with van der Waals surface area (Å²) in [6, 6.07) is 20.5. The lowest BCUT2D eigenvalue weighted by Gasteiger charge is -2.44. The molecule has 33 heavy (non-hydrogen) atoms. The number of carbonyl (C=O) groups excluding carboxylic acids is 2. The number of benzene rings is 3. The first-order chi connectivity index (χ1) is 15.9. The van der Waals surface area contributed by atoms with Gasteiger partial charge in [-0.2, -0.15) is 0 Å². The van der Waals surface area contributed by atoms with Gasteiger partial charge in [0.15, 0.2) is 17.1 Å². The van der Waals surface area contributed by atoms with Crippen LogP contribution in [-0.4, -0.2) is 47.5 Å². The van der Waals surface area contributed by atoms with E-state index in [0.29, 0.717) is 18.7 Å². The zero-order chi connectivity index (χ0) is 23.2. The lowest BCUT2D eigenvalue weighted by Crippen LogP contribution is -2.60. The van der Waals surface area contributed by atoms with Crippen LogP contribution in [0.15, 0.2) is 66.7 Å². The molecule has 1 atom stereocenters. The molecule has 0 saturated carbocycles. The number of hydrogen-bond donors (Lipinski definition) is 0. The summed E-state index contributed by atoms with van der Waals surface area (Å²) >= 11 is 0.